The van der Waals surface area contributed by atoms with E-state index in [1.807, 2.05) is 27.7 Å². The van der Waals surface area contributed by atoms with Gasteiger partial charge in [0.05, 0.1) is 10.9 Å². The molecule has 5 heteroatoms. The van der Waals surface area contributed by atoms with Crippen LogP contribution in [0.5, 0.6) is 0 Å². The molecule has 5 nitrogen and oxygen atoms in total. The third-order valence-electron chi connectivity index (χ3n) is 2.97. The van der Waals surface area contributed by atoms with Crippen LogP contribution in [0.2, 0.25) is 0 Å². The quantitative estimate of drug-likeness (QED) is 0.805. The summed E-state index contributed by atoms with van der Waals surface area (Å²) in [7, 11) is 0. The molecule has 2 rings (SSSR count). The Bertz CT molecular complexity index is 767. The second-order valence-corrected chi connectivity index (χ2v) is 5.39. The molecule has 0 aliphatic carbocycles. The minimum absolute atomic E-state index is 0.208. The molecule has 1 heterocycles. The first-order valence-electron chi connectivity index (χ1n) is 6.74. The lowest BCUT2D eigenvalue weighted by Gasteiger charge is -2.13. The zero-order valence-electron chi connectivity index (χ0n) is 12.2. The molecule has 106 valence electrons. The lowest BCUT2D eigenvalue weighted by molar-refractivity contribution is 0.529. The van der Waals surface area contributed by atoms with Crippen molar-refractivity contribution in [1.29, 1.82) is 0 Å². The topological polar surface area (TPSA) is 56.4 Å². The molecule has 0 aliphatic heterocycles. The van der Waals surface area contributed by atoms with Crippen molar-refractivity contribution in [2.75, 3.05) is 0 Å². The highest BCUT2D eigenvalue weighted by atomic mass is 16.2. The molecule has 0 radical (unpaired) electrons. The molecule has 1 aromatic heterocycles. The fourth-order valence-electron chi connectivity index (χ4n) is 2.03. The van der Waals surface area contributed by atoms with Crippen molar-refractivity contribution in [3.05, 3.63) is 45.1 Å². The molecule has 0 unspecified atom stereocenters. The number of hydrogen-bond donors (Lipinski definition) is 0. The monoisotopic (exact) mass is 273 g/mol. The first kappa shape index (κ1) is 14.2. The highest BCUT2D eigenvalue weighted by Crippen LogP contribution is 2.09. The first-order valence-corrected chi connectivity index (χ1v) is 6.74. The summed E-state index contributed by atoms with van der Waals surface area (Å²) in [5.74, 6) is 0.222. The Kier molecular flexibility index (Phi) is 3.88. The number of para-hydroxylation sites is 1. The van der Waals surface area contributed by atoms with Gasteiger partial charge in [0.2, 0.25) is 0 Å². The average Bonchev–Trinajstić information content (AvgIpc) is 2.38. The number of benzene rings is 1. The molecule has 0 saturated heterocycles. The van der Waals surface area contributed by atoms with Crippen molar-refractivity contribution in [3.8, 4) is 0 Å². The van der Waals surface area contributed by atoms with Gasteiger partial charge in [-0.2, -0.15) is 9.78 Å². The van der Waals surface area contributed by atoms with Crippen LogP contribution in [0.3, 0.4) is 0 Å². The summed E-state index contributed by atoms with van der Waals surface area (Å²) >= 11 is 0. The van der Waals surface area contributed by atoms with Gasteiger partial charge in [0.1, 0.15) is 0 Å². The number of hydrogen-bond acceptors (Lipinski definition) is 3. The van der Waals surface area contributed by atoms with Crippen molar-refractivity contribution < 1.29 is 0 Å². The standard InChI is InChI=1S/C15H19N3O2/c1-10(2)9-16-18-13-8-6-5-7-12(13)14(19)17(11(3)4)15(18)20/h5-11H,1-4H3/b16-9+. The number of fused-ring (bicyclic) bond motifs is 1. The molecule has 2 aromatic rings. The van der Waals surface area contributed by atoms with Gasteiger partial charge < -0.3 is 0 Å². The normalized spacial score (nSPS) is 12.1. The largest absolute Gasteiger partial charge is 0.352 e. The third kappa shape index (κ3) is 2.43. The van der Waals surface area contributed by atoms with Crippen LogP contribution >= 0.6 is 0 Å². The zero-order chi connectivity index (χ0) is 14.9. The van der Waals surface area contributed by atoms with Gasteiger partial charge >= 0.3 is 5.69 Å². The van der Waals surface area contributed by atoms with Crippen LogP contribution in [0.1, 0.15) is 33.7 Å². The van der Waals surface area contributed by atoms with Crippen LogP contribution in [0.15, 0.2) is 39.0 Å². The summed E-state index contributed by atoms with van der Waals surface area (Å²) in [5, 5.41) is 4.74. The molecule has 0 atom stereocenters. The highest BCUT2D eigenvalue weighted by molar-refractivity contribution is 5.78. The van der Waals surface area contributed by atoms with Crippen molar-refractivity contribution >= 4 is 17.1 Å². The van der Waals surface area contributed by atoms with E-state index < -0.39 is 5.69 Å². The molecule has 20 heavy (non-hydrogen) atoms. The fourth-order valence-corrected chi connectivity index (χ4v) is 2.03. The Labute approximate surface area is 117 Å². The molecule has 0 amide bonds. The van der Waals surface area contributed by atoms with Crippen LogP contribution in [0.25, 0.3) is 10.9 Å². The van der Waals surface area contributed by atoms with Crippen molar-refractivity contribution in [2.24, 2.45) is 11.0 Å². The van der Waals surface area contributed by atoms with Gasteiger partial charge in [-0.05, 0) is 31.9 Å². The van der Waals surface area contributed by atoms with Crippen LogP contribution in [-0.4, -0.2) is 15.5 Å². The third-order valence-corrected chi connectivity index (χ3v) is 2.97. The van der Waals surface area contributed by atoms with Crippen LogP contribution in [0, 0.1) is 5.92 Å². The van der Waals surface area contributed by atoms with Gasteiger partial charge in [-0.15, -0.1) is 0 Å². The van der Waals surface area contributed by atoms with E-state index in [0.717, 1.165) is 0 Å². The molecule has 0 N–H and O–H groups in total. The van der Waals surface area contributed by atoms with E-state index in [9.17, 15) is 9.59 Å². The molecular weight excluding hydrogens is 254 g/mol. The lowest BCUT2D eigenvalue weighted by atomic mass is 10.2. The zero-order valence-corrected chi connectivity index (χ0v) is 12.2. The maximum absolute atomic E-state index is 12.5. The maximum Gasteiger partial charge on any atom is 0.352 e. The van der Waals surface area contributed by atoms with Gasteiger partial charge in [-0.25, -0.2) is 4.79 Å². The Morgan fingerprint density at radius 1 is 1.10 bits per heavy atom. The number of aromatic nitrogens is 2. The minimum Gasteiger partial charge on any atom is -0.268 e. The van der Waals surface area contributed by atoms with E-state index in [0.29, 0.717) is 10.9 Å². The Morgan fingerprint density at radius 2 is 1.75 bits per heavy atom. The van der Waals surface area contributed by atoms with E-state index in [1.165, 1.54) is 9.24 Å². The van der Waals surface area contributed by atoms with Crippen LogP contribution in [0.4, 0.5) is 0 Å². The molecule has 1 aromatic carbocycles. The molecule has 0 bridgehead atoms. The predicted molar refractivity (Wildman–Crippen MR) is 81.6 cm³/mol. The van der Waals surface area contributed by atoms with Gasteiger partial charge in [-0.3, -0.25) is 9.36 Å². The molecule has 0 fully saturated rings. The van der Waals surface area contributed by atoms with Gasteiger partial charge in [0, 0.05) is 12.3 Å². The Hall–Kier alpha value is -2.17. The lowest BCUT2D eigenvalue weighted by Crippen LogP contribution is -2.40. The van der Waals surface area contributed by atoms with E-state index in [4.69, 9.17) is 0 Å². The van der Waals surface area contributed by atoms with Crippen LogP contribution in [-0.2, 0) is 0 Å². The van der Waals surface area contributed by atoms with E-state index in [2.05, 4.69) is 5.10 Å². The van der Waals surface area contributed by atoms with Gasteiger partial charge in [0.15, 0.2) is 0 Å². The van der Waals surface area contributed by atoms with Crippen molar-refractivity contribution in [3.63, 3.8) is 0 Å². The molecule has 0 aliphatic rings. The highest BCUT2D eigenvalue weighted by Gasteiger charge is 2.14. The summed E-state index contributed by atoms with van der Waals surface area (Å²) in [6, 6.07) is 6.83. The summed E-state index contributed by atoms with van der Waals surface area (Å²) in [5.41, 5.74) is -0.131. The fraction of sp³-hybridized carbons (Fsp3) is 0.400. The Balaban J connectivity index is 2.91. The summed E-state index contributed by atoms with van der Waals surface area (Å²) in [6.45, 7) is 7.59. The first-order chi connectivity index (χ1) is 9.43. The van der Waals surface area contributed by atoms with Gasteiger partial charge in [0.25, 0.3) is 5.56 Å². The smallest absolute Gasteiger partial charge is 0.268 e. The summed E-state index contributed by atoms with van der Waals surface area (Å²) < 4.78 is 2.54. The summed E-state index contributed by atoms with van der Waals surface area (Å²) in [6.07, 6.45) is 1.70. The molecule has 0 spiro atoms. The number of nitrogens with zero attached hydrogens (tertiary/aromatic N) is 3. The predicted octanol–water partition coefficient (Wildman–Crippen LogP) is 2.23. The maximum atomic E-state index is 12.5. The minimum atomic E-state index is -0.402. The second-order valence-electron chi connectivity index (χ2n) is 5.39. The molecule has 0 saturated carbocycles. The van der Waals surface area contributed by atoms with Crippen molar-refractivity contribution in [1.82, 2.24) is 9.24 Å². The molecular formula is C15H19N3O2. The van der Waals surface area contributed by atoms with E-state index in [-0.39, 0.29) is 17.5 Å². The van der Waals surface area contributed by atoms with Crippen molar-refractivity contribution in [2.45, 2.75) is 33.7 Å². The second kappa shape index (κ2) is 5.45. The van der Waals surface area contributed by atoms with E-state index in [1.54, 1.807) is 30.5 Å². The average molecular weight is 273 g/mol. The Morgan fingerprint density at radius 3 is 2.35 bits per heavy atom. The summed E-state index contributed by atoms with van der Waals surface area (Å²) in [4.78, 5) is 24.8. The SMILES string of the molecule is CC(C)/C=N/n1c(=O)n(C(C)C)c(=O)c2ccccc21. The number of rotatable bonds is 3. The van der Waals surface area contributed by atoms with Gasteiger partial charge in [-0.1, -0.05) is 26.0 Å². The van der Waals surface area contributed by atoms with Crippen LogP contribution < -0.4 is 11.2 Å². The van der Waals surface area contributed by atoms with E-state index >= 15 is 0 Å².